The van der Waals surface area contributed by atoms with Crippen molar-refractivity contribution in [2.75, 3.05) is 0 Å². The second-order valence-corrected chi connectivity index (χ2v) is 4.86. The highest BCUT2D eigenvalue weighted by Crippen LogP contribution is 2.12. The second kappa shape index (κ2) is 6.95. The lowest BCUT2D eigenvalue weighted by Gasteiger charge is -2.16. The first-order valence-electron chi connectivity index (χ1n) is 6.67. The predicted octanol–water partition coefficient (Wildman–Crippen LogP) is 1.93. The van der Waals surface area contributed by atoms with Crippen molar-refractivity contribution in [3.8, 4) is 0 Å². The van der Waals surface area contributed by atoms with E-state index < -0.39 is 40.9 Å². The summed E-state index contributed by atoms with van der Waals surface area (Å²) in [5, 5.41) is 2.23. The van der Waals surface area contributed by atoms with Crippen molar-refractivity contribution in [1.29, 1.82) is 0 Å². The third kappa shape index (κ3) is 4.09. The fourth-order valence-electron chi connectivity index (χ4n) is 2.04. The van der Waals surface area contributed by atoms with E-state index in [-0.39, 0.29) is 6.42 Å². The van der Waals surface area contributed by atoms with Crippen molar-refractivity contribution < 1.29 is 22.8 Å². The molecular weight excluding hydrogens is 309 g/mol. The van der Waals surface area contributed by atoms with Crippen LogP contribution in [-0.2, 0) is 11.2 Å². The van der Waals surface area contributed by atoms with E-state index in [4.69, 9.17) is 5.73 Å². The van der Waals surface area contributed by atoms with Crippen LogP contribution >= 0.6 is 0 Å². The number of nitrogens with two attached hydrogens (primary N) is 1. The summed E-state index contributed by atoms with van der Waals surface area (Å²) in [7, 11) is 0. The zero-order chi connectivity index (χ0) is 17.0. The quantitative estimate of drug-likeness (QED) is 0.883. The maximum Gasteiger partial charge on any atom is 0.255 e. The van der Waals surface area contributed by atoms with Gasteiger partial charge in [-0.1, -0.05) is 18.2 Å². The lowest BCUT2D eigenvalue weighted by atomic mass is 10.0. The molecule has 4 nitrogen and oxygen atoms in total. The van der Waals surface area contributed by atoms with Crippen molar-refractivity contribution in [3.05, 3.63) is 71.0 Å². The maximum absolute atomic E-state index is 13.6. The van der Waals surface area contributed by atoms with Crippen LogP contribution in [0, 0.1) is 17.5 Å². The molecule has 7 heteroatoms. The van der Waals surface area contributed by atoms with Gasteiger partial charge in [0.1, 0.15) is 11.9 Å². The van der Waals surface area contributed by atoms with E-state index in [0.717, 1.165) is 12.1 Å². The molecule has 0 fully saturated rings. The number of benzene rings is 2. The summed E-state index contributed by atoms with van der Waals surface area (Å²) in [5.74, 6) is -4.87. The number of carbonyl (C=O) groups excluding carboxylic acids is 2. The Labute approximate surface area is 130 Å². The van der Waals surface area contributed by atoms with Crippen LogP contribution in [0.25, 0.3) is 0 Å². The van der Waals surface area contributed by atoms with Gasteiger partial charge in [0.05, 0.1) is 5.56 Å². The fraction of sp³-hybridized carbons (Fsp3) is 0.125. The first kappa shape index (κ1) is 16.5. The lowest BCUT2D eigenvalue weighted by Crippen LogP contribution is -2.46. The van der Waals surface area contributed by atoms with Crippen LogP contribution in [-0.4, -0.2) is 17.9 Å². The molecule has 0 aliphatic heterocycles. The molecule has 3 N–H and O–H groups in total. The van der Waals surface area contributed by atoms with Gasteiger partial charge in [-0.15, -0.1) is 0 Å². The van der Waals surface area contributed by atoms with Gasteiger partial charge in [0, 0.05) is 6.42 Å². The minimum absolute atomic E-state index is 0.0736. The molecule has 0 radical (unpaired) electrons. The number of amides is 2. The minimum atomic E-state index is -1.32. The molecule has 2 aromatic carbocycles. The smallest absolute Gasteiger partial charge is 0.255 e. The fourth-order valence-corrected chi connectivity index (χ4v) is 2.04. The first-order chi connectivity index (χ1) is 10.9. The molecule has 0 unspecified atom stereocenters. The molecule has 0 aliphatic carbocycles. The number of nitrogens with one attached hydrogen (secondary N) is 1. The monoisotopic (exact) mass is 322 g/mol. The van der Waals surface area contributed by atoms with Gasteiger partial charge in [0.15, 0.2) is 11.6 Å². The molecule has 2 amide bonds. The summed E-state index contributed by atoms with van der Waals surface area (Å²) in [4.78, 5) is 23.4. The molecule has 0 heterocycles. The third-order valence-electron chi connectivity index (χ3n) is 3.17. The number of hydrogen-bond acceptors (Lipinski definition) is 2. The van der Waals surface area contributed by atoms with E-state index in [9.17, 15) is 22.8 Å². The third-order valence-corrected chi connectivity index (χ3v) is 3.17. The Morgan fingerprint density at radius 2 is 1.78 bits per heavy atom. The Bertz CT molecular complexity index is 750. The molecule has 0 aromatic heterocycles. The SMILES string of the molecule is NC(=O)[C@@H](Cc1cccc(F)c1)NC(=O)c1cccc(F)c1F. The highest BCUT2D eigenvalue weighted by Gasteiger charge is 2.22. The summed E-state index contributed by atoms with van der Waals surface area (Å²) in [6.45, 7) is 0. The van der Waals surface area contributed by atoms with Crippen LogP contribution in [0.15, 0.2) is 42.5 Å². The van der Waals surface area contributed by atoms with Crippen LogP contribution < -0.4 is 11.1 Å². The van der Waals surface area contributed by atoms with Gasteiger partial charge in [-0.2, -0.15) is 0 Å². The molecule has 23 heavy (non-hydrogen) atoms. The molecule has 0 saturated carbocycles. The highest BCUT2D eigenvalue weighted by atomic mass is 19.2. The molecule has 0 spiro atoms. The van der Waals surface area contributed by atoms with Gasteiger partial charge in [-0.05, 0) is 29.8 Å². The molecule has 2 rings (SSSR count). The predicted molar refractivity (Wildman–Crippen MR) is 76.9 cm³/mol. The molecule has 120 valence electrons. The second-order valence-electron chi connectivity index (χ2n) is 4.86. The van der Waals surface area contributed by atoms with Gasteiger partial charge in [-0.25, -0.2) is 13.2 Å². The number of halogens is 3. The average molecular weight is 322 g/mol. The molecule has 0 aliphatic rings. The number of hydrogen-bond donors (Lipinski definition) is 2. The van der Waals surface area contributed by atoms with Gasteiger partial charge >= 0.3 is 0 Å². The van der Waals surface area contributed by atoms with Gasteiger partial charge in [0.2, 0.25) is 5.91 Å². The van der Waals surface area contributed by atoms with Gasteiger partial charge in [-0.3, -0.25) is 9.59 Å². The van der Waals surface area contributed by atoms with E-state index in [1.807, 2.05) is 0 Å². The number of primary amides is 1. The van der Waals surface area contributed by atoms with E-state index >= 15 is 0 Å². The van der Waals surface area contributed by atoms with E-state index in [0.29, 0.717) is 5.56 Å². The molecule has 2 aromatic rings. The van der Waals surface area contributed by atoms with Crippen molar-refractivity contribution in [1.82, 2.24) is 5.32 Å². The van der Waals surface area contributed by atoms with Crippen molar-refractivity contribution in [2.24, 2.45) is 5.73 Å². The zero-order valence-corrected chi connectivity index (χ0v) is 11.9. The maximum atomic E-state index is 13.6. The van der Waals surface area contributed by atoms with Crippen LogP contribution in [0.5, 0.6) is 0 Å². The lowest BCUT2D eigenvalue weighted by molar-refractivity contribution is -0.119. The van der Waals surface area contributed by atoms with E-state index in [1.54, 1.807) is 6.07 Å². The van der Waals surface area contributed by atoms with Crippen LogP contribution in [0.3, 0.4) is 0 Å². The Hall–Kier alpha value is -2.83. The summed E-state index contributed by atoms with van der Waals surface area (Å²) < 4.78 is 39.9. The van der Waals surface area contributed by atoms with Crippen LogP contribution in [0.4, 0.5) is 13.2 Å². The Kier molecular flexibility index (Phi) is 5.00. The van der Waals surface area contributed by atoms with E-state index in [2.05, 4.69) is 5.32 Å². The molecule has 1 atom stereocenters. The highest BCUT2D eigenvalue weighted by molar-refractivity contribution is 5.97. The zero-order valence-electron chi connectivity index (χ0n) is 11.9. The summed E-state index contributed by atoms with van der Waals surface area (Å²) in [6.07, 6.45) is -0.0736. The Morgan fingerprint density at radius 1 is 1.09 bits per heavy atom. The van der Waals surface area contributed by atoms with Gasteiger partial charge in [0.25, 0.3) is 5.91 Å². The Balaban J connectivity index is 2.18. The summed E-state index contributed by atoms with van der Waals surface area (Å²) in [5.41, 5.74) is 5.08. The largest absolute Gasteiger partial charge is 0.368 e. The standard InChI is InChI=1S/C16H13F3N2O2/c17-10-4-1-3-9(7-10)8-13(15(20)22)21-16(23)11-5-2-6-12(18)14(11)19/h1-7,13H,8H2,(H2,20,22)(H,21,23)/t13-/m1/s1. The topological polar surface area (TPSA) is 72.2 Å². The molecule has 0 bridgehead atoms. The van der Waals surface area contributed by atoms with Crippen LogP contribution in [0.1, 0.15) is 15.9 Å². The number of rotatable bonds is 5. The van der Waals surface area contributed by atoms with Crippen molar-refractivity contribution in [3.63, 3.8) is 0 Å². The first-order valence-corrected chi connectivity index (χ1v) is 6.67. The normalized spacial score (nSPS) is 11.8. The van der Waals surface area contributed by atoms with Gasteiger partial charge < -0.3 is 11.1 Å². The van der Waals surface area contributed by atoms with Crippen LogP contribution in [0.2, 0.25) is 0 Å². The molecular formula is C16H13F3N2O2. The average Bonchev–Trinajstić information content (AvgIpc) is 2.49. The van der Waals surface area contributed by atoms with Crippen molar-refractivity contribution >= 4 is 11.8 Å². The van der Waals surface area contributed by atoms with Crippen molar-refractivity contribution in [2.45, 2.75) is 12.5 Å². The van der Waals surface area contributed by atoms with E-state index in [1.165, 1.54) is 24.3 Å². The minimum Gasteiger partial charge on any atom is -0.368 e. The number of carbonyl (C=O) groups is 2. The summed E-state index contributed by atoms with van der Waals surface area (Å²) >= 11 is 0. The molecule has 0 saturated heterocycles. The summed E-state index contributed by atoms with van der Waals surface area (Å²) in [6, 6.07) is 7.32. The Morgan fingerprint density at radius 3 is 2.43 bits per heavy atom.